The maximum atomic E-state index is 13.3. The summed E-state index contributed by atoms with van der Waals surface area (Å²) in [7, 11) is 0. The smallest absolute Gasteiger partial charge is 0.306 e. The highest BCUT2D eigenvalue weighted by Crippen LogP contribution is 2.47. The van der Waals surface area contributed by atoms with E-state index >= 15 is 0 Å². The van der Waals surface area contributed by atoms with Crippen LogP contribution in [0.3, 0.4) is 0 Å². The summed E-state index contributed by atoms with van der Waals surface area (Å²) in [6, 6.07) is 15.8. The molecule has 2 aromatic rings. The van der Waals surface area contributed by atoms with E-state index in [1.165, 1.54) is 17.0 Å². The van der Waals surface area contributed by atoms with Crippen LogP contribution in [0.15, 0.2) is 65.1 Å². The van der Waals surface area contributed by atoms with Crippen LogP contribution in [0.25, 0.3) is 0 Å². The lowest BCUT2D eigenvalue weighted by Crippen LogP contribution is -2.59. The predicted octanol–water partition coefficient (Wildman–Crippen LogP) is 4.82. The van der Waals surface area contributed by atoms with Gasteiger partial charge in [0.2, 0.25) is 5.91 Å². The molecule has 1 fully saturated rings. The lowest BCUT2D eigenvalue weighted by Gasteiger charge is -2.42. The highest BCUT2D eigenvalue weighted by Gasteiger charge is 2.50. The number of thioether (sulfide) groups is 1. The van der Waals surface area contributed by atoms with Crippen molar-refractivity contribution in [2.75, 3.05) is 6.54 Å². The minimum atomic E-state index is -0.325. The topological polar surface area (TPSA) is 40.6 Å². The maximum absolute atomic E-state index is 13.3. The van der Waals surface area contributed by atoms with Gasteiger partial charge in [-0.15, -0.1) is 11.8 Å². The normalized spacial score (nSPS) is 21.8. The van der Waals surface area contributed by atoms with E-state index in [0.717, 1.165) is 21.6 Å². The van der Waals surface area contributed by atoms with Crippen molar-refractivity contribution in [1.29, 1.82) is 0 Å². The number of hydrogen-bond donors (Lipinski definition) is 0. The third-order valence-corrected chi connectivity index (χ3v) is 7.10. The first kappa shape index (κ1) is 19.7. The molecule has 29 heavy (non-hydrogen) atoms. The first-order chi connectivity index (χ1) is 14.0. The molecule has 3 amide bonds. The molecule has 0 radical (unpaired) electrons. The number of urea groups is 1. The number of carbonyl (C=O) groups is 2. The Balaban J connectivity index is 1.60. The van der Waals surface area contributed by atoms with Crippen LogP contribution in [0, 0.1) is 11.7 Å². The van der Waals surface area contributed by atoms with E-state index in [1.807, 2.05) is 44.2 Å². The summed E-state index contributed by atoms with van der Waals surface area (Å²) in [6.45, 7) is 4.68. The van der Waals surface area contributed by atoms with E-state index in [0.29, 0.717) is 19.5 Å². The number of nitrogens with zero attached hydrogens (tertiary/aromatic N) is 2. The molecule has 0 N–H and O–H groups in total. The first-order valence-electron chi connectivity index (χ1n) is 9.70. The SMILES string of the molecule is CC1=C(C)C2C(=O)N(CCc3ccccc3)C(=O)N(Cc3ccc(F)cc3)C2S1. The van der Waals surface area contributed by atoms with E-state index in [9.17, 15) is 14.0 Å². The molecule has 2 atom stereocenters. The van der Waals surface area contributed by atoms with Gasteiger partial charge < -0.3 is 4.90 Å². The standard InChI is InChI=1S/C23H23FN2O2S/c1-15-16(2)29-22-20(15)21(27)25(13-12-17-6-4-3-5-7-17)23(28)26(22)14-18-8-10-19(24)11-9-18/h3-11,20,22H,12-14H2,1-2H3. The van der Waals surface area contributed by atoms with Crippen molar-refractivity contribution in [2.24, 2.45) is 5.92 Å². The first-order valence-corrected chi connectivity index (χ1v) is 10.6. The zero-order valence-corrected chi connectivity index (χ0v) is 17.3. The Kier molecular flexibility index (Phi) is 5.46. The number of hydrogen-bond acceptors (Lipinski definition) is 3. The molecule has 2 aliphatic heterocycles. The van der Waals surface area contributed by atoms with Crippen LogP contribution >= 0.6 is 11.8 Å². The number of carbonyl (C=O) groups excluding carboxylic acids is 2. The third-order valence-electron chi connectivity index (χ3n) is 5.65. The average molecular weight is 411 g/mol. The van der Waals surface area contributed by atoms with E-state index in [4.69, 9.17) is 0 Å². The van der Waals surface area contributed by atoms with E-state index < -0.39 is 0 Å². The summed E-state index contributed by atoms with van der Waals surface area (Å²) in [6.07, 6.45) is 0.620. The summed E-state index contributed by atoms with van der Waals surface area (Å²) >= 11 is 1.58. The van der Waals surface area contributed by atoms with Crippen LogP contribution in [-0.4, -0.2) is 33.7 Å². The van der Waals surface area contributed by atoms with Gasteiger partial charge in [-0.25, -0.2) is 9.18 Å². The van der Waals surface area contributed by atoms with Crippen LogP contribution in [-0.2, 0) is 17.8 Å². The van der Waals surface area contributed by atoms with Crippen molar-refractivity contribution < 1.29 is 14.0 Å². The van der Waals surface area contributed by atoms with Gasteiger partial charge >= 0.3 is 6.03 Å². The average Bonchev–Trinajstić information content (AvgIpc) is 3.02. The van der Waals surface area contributed by atoms with Gasteiger partial charge in [0.1, 0.15) is 5.82 Å². The van der Waals surface area contributed by atoms with Gasteiger partial charge in [0, 0.05) is 13.1 Å². The number of rotatable bonds is 5. The second-order valence-corrected chi connectivity index (χ2v) is 8.82. The molecule has 0 saturated carbocycles. The molecular formula is C23H23FN2O2S. The Morgan fingerprint density at radius 1 is 0.966 bits per heavy atom. The Bertz CT molecular complexity index is 959. The Morgan fingerprint density at radius 2 is 1.66 bits per heavy atom. The minimum absolute atomic E-state index is 0.117. The van der Waals surface area contributed by atoms with Gasteiger partial charge in [0.25, 0.3) is 0 Å². The van der Waals surface area contributed by atoms with Crippen molar-refractivity contribution in [3.63, 3.8) is 0 Å². The molecular weight excluding hydrogens is 387 g/mol. The van der Waals surface area contributed by atoms with E-state index in [1.54, 1.807) is 28.8 Å². The highest BCUT2D eigenvalue weighted by molar-refractivity contribution is 8.03. The van der Waals surface area contributed by atoms with Crippen LogP contribution < -0.4 is 0 Å². The lowest BCUT2D eigenvalue weighted by molar-refractivity contribution is -0.135. The molecule has 0 bridgehead atoms. The second kappa shape index (κ2) is 8.03. The fourth-order valence-electron chi connectivity index (χ4n) is 3.89. The molecule has 150 valence electrons. The maximum Gasteiger partial charge on any atom is 0.327 e. The summed E-state index contributed by atoms with van der Waals surface area (Å²) in [4.78, 5) is 30.8. The molecule has 0 aliphatic carbocycles. The summed E-state index contributed by atoms with van der Waals surface area (Å²) in [5.41, 5.74) is 2.97. The third kappa shape index (κ3) is 3.81. The second-order valence-electron chi connectivity index (χ2n) is 7.49. The van der Waals surface area contributed by atoms with Gasteiger partial charge in [0.15, 0.2) is 0 Å². The molecule has 1 saturated heterocycles. The Morgan fingerprint density at radius 3 is 2.34 bits per heavy atom. The van der Waals surface area contributed by atoms with Crippen LogP contribution in [0.5, 0.6) is 0 Å². The van der Waals surface area contributed by atoms with Gasteiger partial charge in [-0.05, 0) is 54.0 Å². The highest BCUT2D eigenvalue weighted by atomic mass is 32.2. The fourth-order valence-corrected chi connectivity index (χ4v) is 5.31. The number of benzene rings is 2. The molecule has 2 aliphatic rings. The van der Waals surface area contributed by atoms with Crippen molar-refractivity contribution in [2.45, 2.75) is 32.2 Å². The number of allylic oxidation sites excluding steroid dienone is 1. The molecule has 0 aromatic heterocycles. The molecule has 4 nitrogen and oxygen atoms in total. The number of imide groups is 1. The minimum Gasteiger partial charge on any atom is -0.306 e. The summed E-state index contributed by atoms with van der Waals surface area (Å²) < 4.78 is 13.3. The largest absolute Gasteiger partial charge is 0.327 e. The molecule has 2 aromatic carbocycles. The summed E-state index contributed by atoms with van der Waals surface area (Å²) in [5.74, 6) is -0.748. The van der Waals surface area contributed by atoms with Crippen LogP contribution in [0.1, 0.15) is 25.0 Å². The molecule has 4 rings (SSSR count). The quantitative estimate of drug-likeness (QED) is 0.710. The predicted molar refractivity (Wildman–Crippen MR) is 112 cm³/mol. The van der Waals surface area contributed by atoms with Gasteiger partial charge in [-0.2, -0.15) is 0 Å². The Hall–Kier alpha value is -2.60. The van der Waals surface area contributed by atoms with Crippen molar-refractivity contribution in [3.05, 3.63) is 82.0 Å². The van der Waals surface area contributed by atoms with Crippen LogP contribution in [0.2, 0.25) is 0 Å². The number of fused-ring (bicyclic) bond motifs is 1. The lowest BCUT2D eigenvalue weighted by atomic mass is 9.95. The van der Waals surface area contributed by atoms with Crippen molar-refractivity contribution in [1.82, 2.24) is 9.80 Å². The molecule has 2 heterocycles. The summed E-state index contributed by atoms with van der Waals surface area (Å²) in [5, 5.41) is -0.243. The molecule has 2 unspecified atom stereocenters. The zero-order valence-electron chi connectivity index (χ0n) is 16.5. The van der Waals surface area contributed by atoms with E-state index in [2.05, 4.69) is 0 Å². The molecule has 0 spiro atoms. The monoisotopic (exact) mass is 410 g/mol. The van der Waals surface area contributed by atoms with Gasteiger partial charge in [0.05, 0.1) is 11.3 Å². The Labute approximate surface area is 174 Å². The van der Waals surface area contributed by atoms with Gasteiger partial charge in [-0.1, -0.05) is 42.5 Å². The number of amides is 3. The van der Waals surface area contributed by atoms with Crippen molar-refractivity contribution >= 4 is 23.7 Å². The molecule has 6 heteroatoms. The van der Waals surface area contributed by atoms with E-state index in [-0.39, 0.29) is 29.0 Å². The fraction of sp³-hybridized carbons (Fsp3) is 0.304. The van der Waals surface area contributed by atoms with Gasteiger partial charge in [-0.3, -0.25) is 9.69 Å². The van der Waals surface area contributed by atoms with Crippen molar-refractivity contribution in [3.8, 4) is 0 Å². The number of halogens is 1. The zero-order chi connectivity index (χ0) is 20.5. The van der Waals surface area contributed by atoms with Crippen LogP contribution in [0.4, 0.5) is 9.18 Å².